The van der Waals surface area contributed by atoms with Crippen molar-refractivity contribution in [1.29, 1.82) is 0 Å². The van der Waals surface area contributed by atoms with E-state index in [1.807, 2.05) is 36.9 Å². The van der Waals surface area contributed by atoms with E-state index in [2.05, 4.69) is 10.1 Å². The fraction of sp³-hybridized carbons (Fsp3) is 0.391. The molecule has 2 aromatic heterocycles. The van der Waals surface area contributed by atoms with Crippen molar-refractivity contribution >= 4 is 5.91 Å². The maximum Gasteiger partial charge on any atom is 0.224 e. The number of aryl methyl sites for hydroxylation is 3. The van der Waals surface area contributed by atoms with Gasteiger partial charge in [0.1, 0.15) is 23.6 Å². The van der Waals surface area contributed by atoms with Crippen molar-refractivity contribution in [1.82, 2.24) is 24.6 Å². The molecule has 4 rings (SSSR count). The summed E-state index contributed by atoms with van der Waals surface area (Å²) in [5.41, 5.74) is 2.68. The number of pyridine rings is 1. The molecule has 1 fully saturated rings. The number of carbonyl (C=O) groups excluding carboxylic acids is 1. The first-order chi connectivity index (χ1) is 15.0. The lowest BCUT2D eigenvalue weighted by Crippen LogP contribution is -2.42. The Labute approximate surface area is 180 Å². The number of rotatable bonds is 6. The zero-order chi connectivity index (χ0) is 21.8. The van der Waals surface area contributed by atoms with E-state index in [9.17, 15) is 9.18 Å². The smallest absolute Gasteiger partial charge is 0.224 e. The molecule has 1 saturated heterocycles. The van der Waals surface area contributed by atoms with E-state index < -0.39 is 0 Å². The molecule has 1 aliphatic heterocycles. The SMILES string of the molecule is Cc1nc(C)n(CCC(=O)N2CCOC(c3cccc(Cc4ccc(F)cc4)n3)C2)n1. The Hall–Kier alpha value is -3.13. The van der Waals surface area contributed by atoms with Crippen molar-refractivity contribution in [2.45, 2.75) is 39.3 Å². The highest BCUT2D eigenvalue weighted by Crippen LogP contribution is 2.22. The number of halogens is 1. The first-order valence-corrected chi connectivity index (χ1v) is 10.5. The maximum atomic E-state index is 13.1. The molecule has 0 saturated carbocycles. The van der Waals surface area contributed by atoms with Gasteiger partial charge in [-0.3, -0.25) is 9.78 Å². The molecule has 1 atom stereocenters. The van der Waals surface area contributed by atoms with Crippen molar-refractivity contribution in [2.24, 2.45) is 0 Å². The van der Waals surface area contributed by atoms with Crippen molar-refractivity contribution in [3.8, 4) is 0 Å². The molecule has 0 N–H and O–H groups in total. The summed E-state index contributed by atoms with van der Waals surface area (Å²) in [6.45, 7) is 5.76. The molecule has 162 valence electrons. The molecule has 1 unspecified atom stereocenters. The highest BCUT2D eigenvalue weighted by atomic mass is 19.1. The van der Waals surface area contributed by atoms with Crippen LogP contribution in [-0.2, 0) is 22.5 Å². The molecule has 3 aromatic rings. The number of morpholine rings is 1. The Bertz CT molecular complexity index is 1050. The molecule has 0 aliphatic carbocycles. The second-order valence-corrected chi connectivity index (χ2v) is 7.74. The lowest BCUT2D eigenvalue weighted by Gasteiger charge is -2.33. The molecular weight excluding hydrogens is 397 g/mol. The number of benzene rings is 1. The number of ether oxygens (including phenoxy) is 1. The van der Waals surface area contributed by atoms with Crippen LogP contribution in [0.2, 0.25) is 0 Å². The summed E-state index contributed by atoms with van der Waals surface area (Å²) in [6.07, 6.45) is 0.718. The quantitative estimate of drug-likeness (QED) is 0.609. The monoisotopic (exact) mass is 423 g/mol. The fourth-order valence-corrected chi connectivity index (χ4v) is 3.77. The summed E-state index contributed by atoms with van der Waals surface area (Å²) in [6, 6.07) is 12.2. The molecule has 1 aromatic carbocycles. The summed E-state index contributed by atoms with van der Waals surface area (Å²) in [4.78, 5) is 23.6. The van der Waals surface area contributed by atoms with Crippen LogP contribution in [0.4, 0.5) is 4.39 Å². The van der Waals surface area contributed by atoms with Crippen LogP contribution in [0.5, 0.6) is 0 Å². The van der Waals surface area contributed by atoms with Crippen molar-refractivity contribution in [3.63, 3.8) is 0 Å². The largest absolute Gasteiger partial charge is 0.368 e. The van der Waals surface area contributed by atoms with Crippen LogP contribution >= 0.6 is 0 Å². The maximum absolute atomic E-state index is 13.1. The van der Waals surface area contributed by atoms with Crippen LogP contribution in [0.3, 0.4) is 0 Å². The third-order valence-corrected chi connectivity index (χ3v) is 5.38. The molecule has 31 heavy (non-hydrogen) atoms. The minimum Gasteiger partial charge on any atom is -0.368 e. The molecule has 8 heteroatoms. The molecule has 3 heterocycles. The van der Waals surface area contributed by atoms with E-state index in [1.165, 1.54) is 12.1 Å². The van der Waals surface area contributed by atoms with Crippen molar-refractivity contribution in [3.05, 3.63) is 76.9 Å². The number of carbonyl (C=O) groups is 1. The van der Waals surface area contributed by atoms with Gasteiger partial charge in [0, 0.05) is 25.1 Å². The Balaban J connectivity index is 1.38. The summed E-state index contributed by atoms with van der Waals surface area (Å²) < 4.78 is 20.8. The molecule has 1 aliphatic rings. The number of hydrogen-bond acceptors (Lipinski definition) is 5. The number of amides is 1. The number of nitrogens with zero attached hydrogens (tertiary/aromatic N) is 5. The third-order valence-electron chi connectivity index (χ3n) is 5.38. The summed E-state index contributed by atoms with van der Waals surface area (Å²) in [5.74, 6) is 1.35. The van der Waals surface area contributed by atoms with Crippen LogP contribution in [0.25, 0.3) is 0 Å². The molecule has 0 spiro atoms. The van der Waals surface area contributed by atoms with Gasteiger partial charge in [-0.05, 0) is 43.7 Å². The highest BCUT2D eigenvalue weighted by molar-refractivity contribution is 5.76. The van der Waals surface area contributed by atoms with Gasteiger partial charge in [-0.25, -0.2) is 14.1 Å². The standard InChI is InChI=1S/C23H26FN5O2/c1-16-25-17(2)29(27-16)11-10-23(30)28-12-13-31-22(15-28)21-5-3-4-20(26-21)14-18-6-8-19(24)9-7-18/h3-9,22H,10-15H2,1-2H3. The predicted molar refractivity (Wildman–Crippen MR) is 113 cm³/mol. The van der Waals surface area contributed by atoms with Gasteiger partial charge >= 0.3 is 0 Å². The van der Waals surface area contributed by atoms with Gasteiger partial charge in [0.25, 0.3) is 0 Å². The minimum absolute atomic E-state index is 0.0725. The third kappa shape index (κ3) is 5.32. The number of hydrogen-bond donors (Lipinski definition) is 0. The van der Waals surface area contributed by atoms with Crippen LogP contribution < -0.4 is 0 Å². The Morgan fingerprint density at radius 3 is 2.71 bits per heavy atom. The Morgan fingerprint density at radius 2 is 1.97 bits per heavy atom. The molecule has 1 amide bonds. The van der Waals surface area contributed by atoms with Crippen LogP contribution in [0.15, 0.2) is 42.5 Å². The lowest BCUT2D eigenvalue weighted by molar-refractivity contribution is -0.139. The van der Waals surface area contributed by atoms with Gasteiger partial charge in [-0.2, -0.15) is 5.10 Å². The van der Waals surface area contributed by atoms with E-state index in [1.54, 1.807) is 16.8 Å². The zero-order valence-electron chi connectivity index (χ0n) is 17.8. The molecular formula is C23H26FN5O2. The second kappa shape index (κ2) is 9.34. The van der Waals surface area contributed by atoms with Gasteiger partial charge in [0.05, 0.1) is 25.4 Å². The van der Waals surface area contributed by atoms with E-state index in [0.29, 0.717) is 44.9 Å². The first-order valence-electron chi connectivity index (χ1n) is 10.5. The Kier molecular flexibility index (Phi) is 6.36. The predicted octanol–water partition coefficient (Wildman–Crippen LogP) is 3.01. The van der Waals surface area contributed by atoms with Gasteiger partial charge in [-0.1, -0.05) is 18.2 Å². The van der Waals surface area contributed by atoms with Crippen molar-refractivity contribution < 1.29 is 13.9 Å². The molecule has 7 nitrogen and oxygen atoms in total. The van der Waals surface area contributed by atoms with E-state index in [4.69, 9.17) is 9.72 Å². The van der Waals surface area contributed by atoms with Crippen molar-refractivity contribution in [2.75, 3.05) is 19.7 Å². The minimum atomic E-state index is -0.263. The van der Waals surface area contributed by atoms with Gasteiger partial charge in [-0.15, -0.1) is 0 Å². The van der Waals surface area contributed by atoms with Crippen LogP contribution in [0.1, 0.15) is 41.1 Å². The summed E-state index contributed by atoms with van der Waals surface area (Å²) >= 11 is 0. The Morgan fingerprint density at radius 1 is 1.16 bits per heavy atom. The average Bonchev–Trinajstić information content (AvgIpc) is 3.11. The van der Waals surface area contributed by atoms with Gasteiger partial charge in [0.2, 0.25) is 5.91 Å². The van der Waals surface area contributed by atoms with E-state index in [0.717, 1.165) is 22.8 Å². The van der Waals surface area contributed by atoms with Gasteiger partial charge in [0.15, 0.2) is 0 Å². The molecule has 0 bridgehead atoms. The van der Waals surface area contributed by atoms with E-state index >= 15 is 0 Å². The topological polar surface area (TPSA) is 73.1 Å². The molecule has 0 radical (unpaired) electrons. The number of aromatic nitrogens is 4. The normalized spacial score (nSPS) is 16.5. The lowest BCUT2D eigenvalue weighted by atomic mass is 10.1. The second-order valence-electron chi connectivity index (χ2n) is 7.74. The fourth-order valence-electron chi connectivity index (χ4n) is 3.77. The summed E-state index contributed by atoms with van der Waals surface area (Å²) in [5, 5.41) is 4.32. The average molecular weight is 423 g/mol. The van der Waals surface area contributed by atoms with Crippen LogP contribution in [-0.4, -0.2) is 50.3 Å². The summed E-state index contributed by atoms with van der Waals surface area (Å²) in [7, 11) is 0. The highest BCUT2D eigenvalue weighted by Gasteiger charge is 2.26. The van der Waals surface area contributed by atoms with Crippen LogP contribution in [0, 0.1) is 19.7 Å². The van der Waals surface area contributed by atoms with Gasteiger partial charge < -0.3 is 9.64 Å². The first kappa shape index (κ1) is 21.1. The zero-order valence-corrected chi connectivity index (χ0v) is 17.8. The van der Waals surface area contributed by atoms with E-state index in [-0.39, 0.29) is 17.8 Å².